The molecule has 1 aromatic carbocycles. The second-order valence-electron chi connectivity index (χ2n) is 4.37. The molecule has 2 aromatic rings. The van der Waals surface area contributed by atoms with Crippen LogP contribution in [-0.2, 0) is 0 Å². The first kappa shape index (κ1) is 14.8. The van der Waals surface area contributed by atoms with Crippen molar-refractivity contribution in [1.29, 1.82) is 0 Å². The van der Waals surface area contributed by atoms with Crippen molar-refractivity contribution < 1.29 is 14.2 Å². The molecule has 0 radical (unpaired) electrons. The van der Waals surface area contributed by atoms with Crippen molar-refractivity contribution in [3.05, 3.63) is 58.6 Å². The average Bonchev–Trinajstić information content (AvgIpc) is 2.45. The van der Waals surface area contributed by atoms with Gasteiger partial charge in [0.05, 0.1) is 12.8 Å². The maximum absolute atomic E-state index is 13.0. The van der Waals surface area contributed by atoms with Gasteiger partial charge in [-0.05, 0) is 24.6 Å². The Balaban J connectivity index is 2.26. The molecular formula is C15H15ClFNO2. The number of nitrogens with zero attached hydrogens (tertiary/aromatic N) is 1. The Morgan fingerprint density at radius 1 is 1.35 bits per heavy atom. The van der Waals surface area contributed by atoms with Crippen LogP contribution < -0.4 is 4.74 Å². The van der Waals surface area contributed by atoms with E-state index in [1.165, 1.54) is 24.4 Å². The maximum Gasteiger partial charge on any atom is 0.137 e. The van der Waals surface area contributed by atoms with Gasteiger partial charge >= 0.3 is 0 Å². The van der Waals surface area contributed by atoms with Crippen LogP contribution in [0, 0.1) is 5.82 Å². The van der Waals surface area contributed by atoms with E-state index in [-0.39, 0.29) is 5.02 Å². The minimum Gasteiger partial charge on any atom is -0.492 e. The monoisotopic (exact) mass is 295 g/mol. The van der Waals surface area contributed by atoms with Crippen molar-refractivity contribution >= 4 is 11.6 Å². The summed E-state index contributed by atoms with van der Waals surface area (Å²) in [6.07, 6.45) is 3.03. The highest BCUT2D eigenvalue weighted by Gasteiger charge is 2.15. The molecule has 0 aliphatic heterocycles. The molecule has 0 saturated heterocycles. The molecule has 0 saturated carbocycles. The number of hydrogen-bond acceptors (Lipinski definition) is 3. The number of benzene rings is 1. The van der Waals surface area contributed by atoms with Crippen molar-refractivity contribution in [3.63, 3.8) is 0 Å². The van der Waals surface area contributed by atoms with Crippen LogP contribution in [0.25, 0.3) is 0 Å². The zero-order valence-corrected chi connectivity index (χ0v) is 11.8. The Kier molecular flexibility index (Phi) is 4.93. The fraction of sp³-hybridized carbons (Fsp3) is 0.267. The number of pyridine rings is 1. The number of halogens is 2. The lowest BCUT2D eigenvalue weighted by Crippen LogP contribution is -2.03. The second-order valence-corrected chi connectivity index (χ2v) is 4.78. The molecular weight excluding hydrogens is 281 g/mol. The minimum atomic E-state index is -0.972. The zero-order valence-electron chi connectivity index (χ0n) is 11.0. The summed E-state index contributed by atoms with van der Waals surface area (Å²) in [4.78, 5) is 4.03. The highest BCUT2D eigenvalue weighted by molar-refractivity contribution is 6.31. The number of aromatic nitrogens is 1. The predicted molar refractivity (Wildman–Crippen MR) is 75.5 cm³/mol. The maximum atomic E-state index is 13.0. The van der Waals surface area contributed by atoms with Gasteiger partial charge in [0.2, 0.25) is 0 Å². The Labute approximate surface area is 122 Å². The standard InChI is InChI=1S/C15H15ClFNO2/c1-2-5-20-12-6-10(8-18-9-12)15(19)13-4-3-11(17)7-14(13)16/h3-4,6-9,15,19H,2,5H2,1H3. The third-order valence-corrected chi connectivity index (χ3v) is 3.11. The fourth-order valence-corrected chi connectivity index (χ4v) is 2.06. The van der Waals surface area contributed by atoms with E-state index in [1.807, 2.05) is 6.92 Å². The van der Waals surface area contributed by atoms with Gasteiger partial charge in [0.15, 0.2) is 0 Å². The van der Waals surface area contributed by atoms with E-state index in [2.05, 4.69) is 4.98 Å². The van der Waals surface area contributed by atoms with Crippen LogP contribution in [0.1, 0.15) is 30.6 Å². The summed E-state index contributed by atoms with van der Waals surface area (Å²) in [7, 11) is 0. The smallest absolute Gasteiger partial charge is 0.137 e. The largest absolute Gasteiger partial charge is 0.492 e. The number of rotatable bonds is 5. The van der Waals surface area contributed by atoms with Gasteiger partial charge in [-0.25, -0.2) is 4.39 Å². The van der Waals surface area contributed by atoms with Gasteiger partial charge < -0.3 is 9.84 Å². The highest BCUT2D eigenvalue weighted by atomic mass is 35.5. The third kappa shape index (κ3) is 3.46. The first-order valence-corrected chi connectivity index (χ1v) is 6.70. The van der Waals surface area contributed by atoms with Gasteiger partial charge in [0, 0.05) is 22.3 Å². The van der Waals surface area contributed by atoms with Crippen molar-refractivity contribution in [2.45, 2.75) is 19.4 Å². The molecule has 1 aromatic heterocycles. The summed E-state index contributed by atoms with van der Waals surface area (Å²) in [5.74, 6) is 0.144. The lowest BCUT2D eigenvalue weighted by Gasteiger charge is -2.14. The molecule has 5 heteroatoms. The third-order valence-electron chi connectivity index (χ3n) is 2.78. The molecule has 1 unspecified atom stereocenters. The van der Waals surface area contributed by atoms with Crippen molar-refractivity contribution in [3.8, 4) is 5.75 Å². The summed E-state index contributed by atoms with van der Waals surface area (Å²) in [5, 5.41) is 10.5. The zero-order chi connectivity index (χ0) is 14.5. The predicted octanol–water partition coefficient (Wildman–Crippen LogP) is 3.74. The summed E-state index contributed by atoms with van der Waals surface area (Å²) in [6, 6.07) is 5.59. The quantitative estimate of drug-likeness (QED) is 0.913. The van der Waals surface area contributed by atoms with Gasteiger partial charge in [-0.1, -0.05) is 24.6 Å². The molecule has 0 aliphatic carbocycles. The minimum absolute atomic E-state index is 0.178. The van der Waals surface area contributed by atoms with Crippen LogP contribution >= 0.6 is 11.6 Å². The van der Waals surface area contributed by atoms with Crippen LogP contribution in [0.15, 0.2) is 36.7 Å². The number of aliphatic hydroxyl groups is 1. The topological polar surface area (TPSA) is 42.4 Å². The molecule has 1 N–H and O–H groups in total. The highest BCUT2D eigenvalue weighted by Crippen LogP contribution is 2.29. The molecule has 2 rings (SSSR count). The molecule has 3 nitrogen and oxygen atoms in total. The molecule has 106 valence electrons. The van der Waals surface area contributed by atoms with Gasteiger partial charge in [-0.15, -0.1) is 0 Å². The molecule has 0 bridgehead atoms. The Morgan fingerprint density at radius 2 is 2.15 bits per heavy atom. The Morgan fingerprint density at radius 3 is 2.85 bits per heavy atom. The molecule has 0 spiro atoms. The van der Waals surface area contributed by atoms with Crippen LogP contribution in [0.2, 0.25) is 5.02 Å². The first-order valence-electron chi connectivity index (χ1n) is 6.32. The van der Waals surface area contributed by atoms with Crippen LogP contribution in [0.3, 0.4) is 0 Å². The molecule has 0 fully saturated rings. The fourth-order valence-electron chi connectivity index (χ4n) is 1.79. The number of aliphatic hydroxyl groups excluding tert-OH is 1. The molecule has 1 atom stereocenters. The van der Waals surface area contributed by atoms with E-state index >= 15 is 0 Å². The SMILES string of the molecule is CCCOc1cncc(C(O)c2ccc(F)cc2Cl)c1. The van der Waals surface area contributed by atoms with E-state index in [9.17, 15) is 9.50 Å². The second kappa shape index (κ2) is 6.68. The number of hydrogen-bond donors (Lipinski definition) is 1. The number of ether oxygens (including phenoxy) is 1. The first-order chi connectivity index (χ1) is 9.61. The van der Waals surface area contributed by atoms with E-state index in [0.717, 1.165) is 6.42 Å². The molecule has 1 heterocycles. The van der Waals surface area contributed by atoms with Gasteiger partial charge in [-0.3, -0.25) is 4.98 Å². The van der Waals surface area contributed by atoms with Crippen molar-refractivity contribution in [2.75, 3.05) is 6.61 Å². The van der Waals surface area contributed by atoms with Gasteiger partial charge in [-0.2, -0.15) is 0 Å². The molecule has 20 heavy (non-hydrogen) atoms. The van der Waals surface area contributed by atoms with Gasteiger partial charge in [0.25, 0.3) is 0 Å². The van der Waals surface area contributed by atoms with Crippen molar-refractivity contribution in [2.24, 2.45) is 0 Å². The molecule has 0 aliphatic rings. The summed E-state index contributed by atoms with van der Waals surface area (Å²) < 4.78 is 18.5. The normalized spacial score (nSPS) is 12.2. The Bertz CT molecular complexity index is 592. The summed E-state index contributed by atoms with van der Waals surface area (Å²) >= 11 is 5.95. The average molecular weight is 296 g/mol. The summed E-state index contributed by atoms with van der Waals surface area (Å²) in [5.41, 5.74) is 0.981. The lowest BCUT2D eigenvalue weighted by molar-refractivity contribution is 0.218. The van der Waals surface area contributed by atoms with E-state index in [0.29, 0.717) is 23.5 Å². The van der Waals surface area contributed by atoms with Crippen molar-refractivity contribution in [1.82, 2.24) is 4.98 Å². The van der Waals surface area contributed by atoms with Crippen LogP contribution in [0.5, 0.6) is 5.75 Å². The van der Waals surface area contributed by atoms with E-state index in [1.54, 1.807) is 12.3 Å². The van der Waals surface area contributed by atoms with Crippen LogP contribution in [0.4, 0.5) is 4.39 Å². The summed E-state index contributed by atoms with van der Waals surface area (Å²) in [6.45, 7) is 2.59. The van der Waals surface area contributed by atoms with Crippen LogP contribution in [-0.4, -0.2) is 16.7 Å². The lowest BCUT2D eigenvalue weighted by atomic mass is 10.0. The Hall–Kier alpha value is -1.65. The molecule has 0 amide bonds. The van der Waals surface area contributed by atoms with E-state index < -0.39 is 11.9 Å². The van der Waals surface area contributed by atoms with Gasteiger partial charge in [0.1, 0.15) is 17.7 Å². The van der Waals surface area contributed by atoms with E-state index in [4.69, 9.17) is 16.3 Å².